The molecule has 0 radical (unpaired) electrons. The second kappa shape index (κ2) is 6.16. The molecule has 1 amide bonds. The van der Waals surface area contributed by atoms with Crippen LogP contribution in [0.1, 0.15) is 18.4 Å². The van der Waals surface area contributed by atoms with Gasteiger partial charge >= 0.3 is 0 Å². The van der Waals surface area contributed by atoms with E-state index in [0.29, 0.717) is 31.0 Å². The molecule has 0 bridgehead atoms. The highest BCUT2D eigenvalue weighted by molar-refractivity contribution is 5.78. The predicted octanol–water partition coefficient (Wildman–Crippen LogP) is 1.31. The largest absolute Gasteiger partial charge is 0.340 e. The molecule has 3 rings (SSSR count). The number of amides is 1. The van der Waals surface area contributed by atoms with Crippen molar-refractivity contribution >= 4 is 5.91 Å². The Kier molecular flexibility index (Phi) is 4.27. The van der Waals surface area contributed by atoms with Crippen molar-refractivity contribution in [2.24, 2.45) is 17.6 Å². The summed E-state index contributed by atoms with van der Waals surface area (Å²) in [5.74, 6) is 1.52. The second-order valence-corrected chi connectivity index (χ2v) is 6.59. The molecule has 1 aromatic rings. The third kappa shape index (κ3) is 3.27. The van der Waals surface area contributed by atoms with Crippen LogP contribution >= 0.6 is 0 Å². The molecule has 114 valence electrons. The standard InChI is InChI=1S/C17H25N3O/c1-19(9-13-5-3-2-4-6-13)17(21)12-20-10-14-7-8-16(18)15(14)11-20/h2-6,14-16H,7-12,18H2,1H3. The smallest absolute Gasteiger partial charge is 0.236 e. The fourth-order valence-electron chi connectivity index (χ4n) is 3.79. The van der Waals surface area contributed by atoms with E-state index in [1.165, 1.54) is 12.0 Å². The Hall–Kier alpha value is -1.39. The summed E-state index contributed by atoms with van der Waals surface area (Å²) in [5.41, 5.74) is 7.33. The van der Waals surface area contributed by atoms with Gasteiger partial charge < -0.3 is 10.6 Å². The summed E-state index contributed by atoms with van der Waals surface area (Å²) >= 11 is 0. The number of benzene rings is 1. The van der Waals surface area contributed by atoms with Crippen molar-refractivity contribution in [2.75, 3.05) is 26.7 Å². The molecule has 4 heteroatoms. The molecule has 2 fully saturated rings. The van der Waals surface area contributed by atoms with Crippen molar-refractivity contribution < 1.29 is 4.79 Å². The average molecular weight is 287 g/mol. The Morgan fingerprint density at radius 1 is 1.29 bits per heavy atom. The molecule has 1 saturated heterocycles. The van der Waals surface area contributed by atoms with Crippen LogP contribution in [0.4, 0.5) is 0 Å². The lowest BCUT2D eigenvalue weighted by atomic mass is 9.98. The summed E-state index contributed by atoms with van der Waals surface area (Å²) in [5, 5.41) is 0. The Labute approximate surface area is 126 Å². The second-order valence-electron chi connectivity index (χ2n) is 6.59. The number of fused-ring (bicyclic) bond motifs is 1. The van der Waals surface area contributed by atoms with Crippen LogP contribution in [-0.4, -0.2) is 48.4 Å². The number of nitrogens with zero attached hydrogens (tertiary/aromatic N) is 2. The lowest BCUT2D eigenvalue weighted by Gasteiger charge is -2.22. The molecule has 1 heterocycles. The highest BCUT2D eigenvalue weighted by atomic mass is 16.2. The Morgan fingerprint density at radius 3 is 2.76 bits per heavy atom. The zero-order valence-electron chi connectivity index (χ0n) is 12.7. The van der Waals surface area contributed by atoms with Gasteiger partial charge in [-0.15, -0.1) is 0 Å². The first-order valence-corrected chi connectivity index (χ1v) is 7.89. The van der Waals surface area contributed by atoms with Crippen molar-refractivity contribution in [3.63, 3.8) is 0 Å². The van der Waals surface area contributed by atoms with E-state index in [4.69, 9.17) is 5.73 Å². The van der Waals surface area contributed by atoms with Gasteiger partial charge in [-0.3, -0.25) is 9.69 Å². The molecule has 0 spiro atoms. The number of likely N-dealkylation sites (tertiary alicyclic amines) is 1. The quantitative estimate of drug-likeness (QED) is 0.908. The number of hydrogen-bond donors (Lipinski definition) is 1. The van der Waals surface area contributed by atoms with Crippen LogP contribution in [-0.2, 0) is 11.3 Å². The lowest BCUT2D eigenvalue weighted by molar-refractivity contribution is -0.131. The first-order chi connectivity index (χ1) is 10.1. The van der Waals surface area contributed by atoms with Gasteiger partial charge in [0.25, 0.3) is 0 Å². The van der Waals surface area contributed by atoms with Gasteiger partial charge in [0, 0.05) is 32.7 Å². The van der Waals surface area contributed by atoms with Gasteiger partial charge in [0.2, 0.25) is 5.91 Å². The van der Waals surface area contributed by atoms with Gasteiger partial charge in [0.15, 0.2) is 0 Å². The molecule has 4 nitrogen and oxygen atoms in total. The molecule has 0 aromatic heterocycles. The molecule has 2 aliphatic rings. The number of hydrogen-bond acceptors (Lipinski definition) is 3. The van der Waals surface area contributed by atoms with Crippen LogP contribution in [0.15, 0.2) is 30.3 Å². The minimum Gasteiger partial charge on any atom is -0.340 e. The topological polar surface area (TPSA) is 49.6 Å². The Balaban J connectivity index is 1.50. The van der Waals surface area contributed by atoms with Gasteiger partial charge in [-0.05, 0) is 30.2 Å². The van der Waals surface area contributed by atoms with E-state index >= 15 is 0 Å². The minimum absolute atomic E-state index is 0.201. The van der Waals surface area contributed by atoms with Gasteiger partial charge in [-0.1, -0.05) is 30.3 Å². The maximum absolute atomic E-state index is 12.4. The predicted molar refractivity (Wildman–Crippen MR) is 83.5 cm³/mol. The third-order valence-electron chi connectivity index (χ3n) is 5.04. The molecule has 1 aliphatic heterocycles. The van der Waals surface area contributed by atoms with E-state index in [9.17, 15) is 4.79 Å². The highest BCUT2D eigenvalue weighted by Gasteiger charge is 2.41. The number of carbonyl (C=O) groups excluding carboxylic acids is 1. The summed E-state index contributed by atoms with van der Waals surface area (Å²) in [6, 6.07) is 10.5. The maximum atomic E-state index is 12.4. The van der Waals surface area contributed by atoms with E-state index in [0.717, 1.165) is 19.5 Å². The zero-order valence-corrected chi connectivity index (χ0v) is 12.7. The first-order valence-electron chi connectivity index (χ1n) is 7.89. The molecule has 21 heavy (non-hydrogen) atoms. The van der Waals surface area contributed by atoms with Crippen LogP contribution in [0.3, 0.4) is 0 Å². The van der Waals surface area contributed by atoms with Gasteiger partial charge in [-0.2, -0.15) is 0 Å². The van der Waals surface area contributed by atoms with Crippen LogP contribution in [0.2, 0.25) is 0 Å². The Morgan fingerprint density at radius 2 is 2.05 bits per heavy atom. The Bertz CT molecular complexity index is 490. The van der Waals surface area contributed by atoms with Crippen molar-refractivity contribution in [2.45, 2.75) is 25.4 Å². The average Bonchev–Trinajstić information content (AvgIpc) is 3.02. The molecule has 1 aliphatic carbocycles. The molecule has 3 atom stereocenters. The van der Waals surface area contributed by atoms with Gasteiger partial charge in [-0.25, -0.2) is 0 Å². The van der Waals surface area contributed by atoms with Gasteiger partial charge in [0.05, 0.1) is 6.54 Å². The number of rotatable bonds is 4. The molecule has 1 aromatic carbocycles. The lowest BCUT2D eigenvalue weighted by Crippen LogP contribution is -2.38. The van der Waals surface area contributed by atoms with Crippen molar-refractivity contribution in [1.82, 2.24) is 9.80 Å². The molecular formula is C17H25N3O. The normalized spacial score (nSPS) is 28.6. The monoisotopic (exact) mass is 287 g/mol. The molecule has 3 unspecified atom stereocenters. The van der Waals surface area contributed by atoms with E-state index in [2.05, 4.69) is 17.0 Å². The number of nitrogens with two attached hydrogens (primary N) is 1. The van der Waals surface area contributed by atoms with Crippen molar-refractivity contribution in [3.8, 4) is 0 Å². The van der Waals surface area contributed by atoms with E-state index in [1.807, 2.05) is 30.1 Å². The van der Waals surface area contributed by atoms with Crippen LogP contribution in [0, 0.1) is 11.8 Å². The molecule has 2 N–H and O–H groups in total. The first kappa shape index (κ1) is 14.5. The van der Waals surface area contributed by atoms with Gasteiger partial charge in [0.1, 0.15) is 0 Å². The summed E-state index contributed by atoms with van der Waals surface area (Å²) in [7, 11) is 1.89. The molecular weight excluding hydrogens is 262 g/mol. The highest BCUT2D eigenvalue weighted by Crippen LogP contribution is 2.36. The van der Waals surface area contributed by atoms with Crippen molar-refractivity contribution in [1.29, 1.82) is 0 Å². The van der Waals surface area contributed by atoms with Crippen LogP contribution in [0.5, 0.6) is 0 Å². The summed E-state index contributed by atoms with van der Waals surface area (Å²) in [6.45, 7) is 3.25. The fourth-order valence-corrected chi connectivity index (χ4v) is 3.79. The zero-order chi connectivity index (χ0) is 14.8. The fraction of sp³-hybridized carbons (Fsp3) is 0.588. The SMILES string of the molecule is CN(Cc1ccccc1)C(=O)CN1CC2CCC(N)C2C1. The summed E-state index contributed by atoms with van der Waals surface area (Å²) < 4.78 is 0. The van der Waals surface area contributed by atoms with Crippen molar-refractivity contribution in [3.05, 3.63) is 35.9 Å². The summed E-state index contributed by atoms with van der Waals surface area (Å²) in [4.78, 5) is 16.5. The third-order valence-corrected chi connectivity index (χ3v) is 5.04. The van der Waals surface area contributed by atoms with Crippen LogP contribution in [0.25, 0.3) is 0 Å². The van der Waals surface area contributed by atoms with E-state index < -0.39 is 0 Å². The number of carbonyl (C=O) groups is 1. The van der Waals surface area contributed by atoms with E-state index in [1.54, 1.807) is 0 Å². The molecule has 1 saturated carbocycles. The summed E-state index contributed by atoms with van der Waals surface area (Å²) in [6.07, 6.45) is 2.39. The minimum atomic E-state index is 0.201. The maximum Gasteiger partial charge on any atom is 0.236 e. The van der Waals surface area contributed by atoms with E-state index in [-0.39, 0.29) is 5.91 Å². The van der Waals surface area contributed by atoms with Crippen LogP contribution < -0.4 is 5.73 Å². The number of likely N-dealkylation sites (N-methyl/N-ethyl adjacent to an activating group) is 1.